The summed E-state index contributed by atoms with van der Waals surface area (Å²) in [6.45, 7) is 4.37. The van der Waals surface area contributed by atoms with Crippen molar-refractivity contribution in [2.45, 2.75) is 25.4 Å². The Kier molecular flexibility index (Phi) is 3.83. The van der Waals surface area contributed by atoms with Crippen molar-refractivity contribution in [2.24, 2.45) is 0 Å². The lowest BCUT2D eigenvalue weighted by Gasteiger charge is -2.36. The lowest BCUT2D eigenvalue weighted by atomic mass is 9.72. The van der Waals surface area contributed by atoms with E-state index < -0.39 is 0 Å². The van der Waals surface area contributed by atoms with E-state index >= 15 is 0 Å². The summed E-state index contributed by atoms with van der Waals surface area (Å²) in [5.74, 6) is 0. The Bertz CT molecular complexity index is 436. The Morgan fingerprint density at radius 1 is 0.833 bits per heavy atom. The van der Waals surface area contributed by atoms with E-state index in [0.717, 1.165) is 0 Å². The molecule has 2 rings (SSSR count). The van der Waals surface area contributed by atoms with Crippen molar-refractivity contribution in [1.82, 2.24) is 0 Å². The third kappa shape index (κ3) is 2.19. The zero-order chi connectivity index (χ0) is 13.0. The van der Waals surface area contributed by atoms with Crippen LogP contribution >= 0.6 is 0 Å². The number of benzene rings is 2. The third-order valence-corrected chi connectivity index (χ3v) is 3.91. The van der Waals surface area contributed by atoms with Gasteiger partial charge in [-0.15, -0.1) is 0 Å². The molecule has 2 aromatic carbocycles. The summed E-state index contributed by atoms with van der Waals surface area (Å²) in [7, 11) is 1.77. The Balaban J connectivity index is 2.55. The number of rotatable bonds is 4. The van der Waals surface area contributed by atoms with E-state index in [0.29, 0.717) is 0 Å². The van der Waals surface area contributed by atoms with Crippen LogP contribution in [0.2, 0.25) is 0 Å². The highest BCUT2D eigenvalue weighted by molar-refractivity contribution is 5.39. The summed E-state index contributed by atoms with van der Waals surface area (Å²) in [4.78, 5) is 0. The van der Waals surface area contributed by atoms with Crippen LogP contribution in [0.1, 0.15) is 25.0 Å². The van der Waals surface area contributed by atoms with Gasteiger partial charge in [0.1, 0.15) is 0 Å². The lowest BCUT2D eigenvalue weighted by molar-refractivity contribution is 0.0694. The topological polar surface area (TPSA) is 9.23 Å². The second-order valence-electron chi connectivity index (χ2n) is 4.81. The summed E-state index contributed by atoms with van der Waals surface area (Å²) >= 11 is 0. The predicted molar refractivity (Wildman–Crippen MR) is 75.8 cm³/mol. The van der Waals surface area contributed by atoms with Gasteiger partial charge in [-0.3, -0.25) is 0 Å². The number of methoxy groups -OCH3 is 1. The molecule has 0 amide bonds. The number of hydrogen-bond acceptors (Lipinski definition) is 1. The van der Waals surface area contributed by atoms with Crippen molar-refractivity contribution in [3.8, 4) is 0 Å². The van der Waals surface area contributed by atoms with E-state index in [2.05, 4.69) is 62.4 Å². The molecule has 2 aromatic rings. The molecular weight excluding hydrogens is 220 g/mol. The van der Waals surface area contributed by atoms with Gasteiger partial charge in [0.15, 0.2) is 0 Å². The molecule has 1 atom stereocenters. The molecule has 0 bridgehead atoms. The van der Waals surface area contributed by atoms with E-state index in [-0.39, 0.29) is 11.5 Å². The van der Waals surface area contributed by atoms with Gasteiger partial charge in [-0.1, -0.05) is 60.7 Å². The fourth-order valence-corrected chi connectivity index (χ4v) is 2.44. The van der Waals surface area contributed by atoms with Crippen LogP contribution < -0.4 is 0 Å². The molecule has 1 nitrogen and oxygen atoms in total. The van der Waals surface area contributed by atoms with Crippen LogP contribution in [0, 0.1) is 0 Å². The Morgan fingerprint density at radius 3 is 1.56 bits per heavy atom. The van der Waals surface area contributed by atoms with Gasteiger partial charge in [-0.2, -0.15) is 0 Å². The summed E-state index contributed by atoms with van der Waals surface area (Å²) in [6.07, 6.45) is 0.113. The van der Waals surface area contributed by atoms with Crippen LogP contribution in [0.25, 0.3) is 0 Å². The molecule has 0 aliphatic carbocycles. The van der Waals surface area contributed by atoms with Gasteiger partial charge in [0.2, 0.25) is 0 Å². The fourth-order valence-electron chi connectivity index (χ4n) is 2.44. The van der Waals surface area contributed by atoms with Gasteiger partial charge in [0.05, 0.1) is 6.10 Å². The molecule has 0 spiro atoms. The standard InChI is InChI=1S/C17H20O/c1-14(18-3)17(2,15-10-6-4-7-11-15)16-12-8-5-9-13-16/h4-14H,1-3H3. The maximum atomic E-state index is 5.62. The molecule has 18 heavy (non-hydrogen) atoms. The largest absolute Gasteiger partial charge is 0.380 e. The van der Waals surface area contributed by atoms with Crippen LogP contribution in [0.15, 0.2) is 60.7 Å². The summed E-state index contributed by atoms with van der Waals surface area (Å²) in [6, 6.07) is 21.1. The van der Waals surface area contributed by atoms with Gasteiger partial charge in [0, 0.05) is 12.5 Å². The molecule has 1 heteroatoms. The molecule has 0 N–H and O–H groups in total. The molecule has 0 saturated carbocycles. The maximum absolute atomic E-state index is 5.62. The van der Waals surface area contributed by atoms with Crippen molar-refractivity contribution >= 4 is 0 Å². The highest BCUT2D eigenvalue weighted by Crippen LogP contribution is 2.36. The predicted octanol–water partition coefficient (Wildman–Crippen LogP) is 4.03. The monoisotopic (exact) mass is 240 g/mol. The third-order valence-electron chi connectivity index (χ3n) is 3.91. The van der Waals surface area contributed by atoms with Crippen LogP contribution in [0.5, 0.6) is 0 Å². The van der Waals surface area contributed by atoms with Crippen LogP contribution in [-0.2, 0) is 10.2 Å². The van der Waals surface area contributed by atoms with Crippen LogP contribution in [0.3, 0.4) is 0 Å². The van der Waals surface area contributed by atoms with Gasteiger partial charge in [-0.25, -0.2) is 0 Å². The van der Waals surface area contributed by atoms with Gasteiger partial charge in [0.25, 0.3) is 0 Å². The fraction of sp³-hybridized carbons (Fsp3) is 0.294. The Labute approximate surface area is 109 Å². The normalized spacial score (nSPS) is 13.3. The Morgan fingerprint density at radius 2 is 1.22 bits per heavy atom. The number of hydrogen-bond donors (Lipinski definition) is 0. The molecule has 0 aliphatic heterocycles. The van der Waals surface area contributed by atoms with Gasteiger partial charge in [-0.05, 0) is 25.0 Å². The first-order valence-electron chi connectivity index (χ1n) is 6.33. The van der Waals surface area contributed by atoms with E-state index in [4.69, 9.17) is 4.74 Å². The second kappa shape index (κ2) is 5.36. The quantitative estimate of drug-likeness (QED) is 0.784. The van der Waals surface area contributed by atoms with Gasteiger partial charge < -0.3 is 4.74 Å². The maximum Gasteiger partial charge on any atom is 0.0677 e. The van der Waals surface area contributed by atoms with E-state index in [1.54, 1.807) is 7.11 Å². The summed E-state index contributed by atoms with van der Waals surface area (Å²) in [5.41, 5.74) is 2.44. The molecule has 0 radical (unpaired) electrons. The molecule has 94 valence electrons. The molecule has 0 heterocycles. The van der Waals surface area contributed by atoms with Crippen molar-refractivity contribution in [2.75, 3.05) is 7.11 Å². The van der Waals surface area contributed by atoms with E-state index in [1.807, 2.05) is 12.1 Å². The van der Waals surface area contributed by atoms with Gasteiger partial charge >= 0.3 is 0 Å². The average molecular weight is 240 g/mol. The zero-order valence-corrected chi connectivity index (χ0v) is 11.3. The molecule has 1 unspecified atom stereocenters. The van der Waals surface area contributed by atoms with E-state index in [9.17, 15) is 0 Å². The second-order valence-corrected chi connectivity index (χ2v) is 4.81. The SMILES string of the molecule is COC(C)C(C)(c1ccccc1)c1ccccc1. The minimum Gasteiger partial charge on any atom is -0.380 e. The van der Waals surface area contributed by atoms with Crippen LogP contribution in [0.4, 0.5) is 0 Å². The van der Waals surface area contributed by atoms with Crippen molar-refractivity contribution < 1.29 is 4.74 Å². The van der Waals surface area contributed by atoms with Crippen molar-refractivity contribution in [1.29, 1.82) is 0 Å². The van der Waals surface area contributed by atoms with E-state index in [1.165, 1.54) is 11.1 Å². The van der Waals surface area contributed by atoms with Crippen molar-refractivity contribution in [3.05, 3.63) is 71.8 Å². The first kappa shape index (κ1) is 12.8. The minimum atomic E-state index is -0.128. The molecular formula is C17H20O. The number of ether oxygens (including phenoxy) is 1. The van der Waals surface area contributed by atoms with Crippen molar-refractivity contribution in [3.63, 3.8) is 0 Å². The lowest BCUT2D eigenvalue weighted by Crippen LogP contribution is -2.37. The Hall–Kier alpha value is -1.60. The molecule has 0 saturated heterocycles. The molecule has 0 fully saturated rings. The highest BCUT2D eigenvalue weighted by Gasteiger charge is 2.34. The summed E-state index contributed by atoms with van der Waals surface area (Å²) in [5, 5.41) is 0. The zero-order valence-electron chi connectivity index (χ0n) is 11.3. The first-order valence-corrected chi connectivity index (χ1v) is 6.33. The van der Waals surface area contributed by atoms with Crippen LogP contribution in [-0.4, -0.2) is 13.2 Å². The highest BCUT2D eigenvalue weighted by atomic mass is 16.5. The molecule has 0 aromatic heterocycles. The average Bonchev–Trinajstić information content (AvgIpc) is 2.47. The smallest absolute Gasteiger partial charge is 0.0677 e. The molecule has 0 aliphatic rings. The summed E-state index contributed by atoms with van der Waals surface area (Å²) < 4.78 is 5.62. The minimum absolute atomic E-state index is 0.113. The first-order chi connectivity index (χ1) is 8.69.